The molecule has 112 valence electrons. The molecule has 0 bridgehead atoms. The van der Waals surface area contributed by atoms with Gasteiger partial charge in [0.2, 0.25) is 0 Å². The molecular formula is C11H22N2O5S. The zero-order chi connectivity index (χ0) is 14.7. The third-order valence-electron chi connectivity index (χ3n) is 2.33. The third kappa shape index (κ3) is 14.6. The number of hydrogen-bond donors (Lipinski definition) is 3. The lowest BCUT2D eigenvalue weighted by Crippen LogP contribution is -2.36. The minimum Gasteiger partial charge on any atom is -0.481 e. The van der Waals surface area contributed by atoms with E-state index in [1.54, 1.807) is 0 Å². The van der Waals surface area contributed by atoms with Gasteiger partial charge in [-0.2, -0.15) is 0 Å². The molecule has 8 heteroatoms. The van der Waals surface area contributed by atoms with Crippen molar-refractivity contribution >= 4 is 21.8 Å². The molecule has 0 aromatic heterocycles. The number of unbranched alkanes of at least 4 members (excludes halogenated alkanes) is 2. The maximum atomic E-state index is 11.2. The Kier molecular flexibility index (Phi) is 8.94. The Morgan fingerprint density at radius 3 is 2.11 bits per heavy atom. The number of rotatable bonds is 10. The van der Waals surface area contributed by atoms with Crippen molar-refractivity contribution in [2.24, 2.45) is 0 Å². The maximum absolute atomic E-state index is 11.2. The third-order valence-corrected chi connectivity index (χ3v) is 3.36. The number of hydrogen-bond acceptors (Lipinski definition) is 4. The summed E-state index contributed by atoms with van der Waals surface area (Å²) in [7, 11) is -2.98. The van der Waals surface area contributed by atoms with E-state index in [4.69, 9.17) is 5.11 Å². The molecular weight excluding hydrogens is 272 g/mol. The first-order valence-corrected chi connectivity index (χ1v) is 8.28. The molecule has 0 atom stereocenters. The summed E-state index contributed by atoms with van der Waals surface area (Å²) in [6, 6.07) is -0.327. The normalized spacial score (nSPS) is 11.0. The first-order chi connectivity index (χ1) is 8.81. The quantitative estimate of drug-likeness (QED) is 0.504. The van der Waals surface area contributed by atoms with Crippen molar-refractivity contribution in [1.29, 1.82) is 0 Å². The number of carboxylic acid groups (broad SMARTS) is 1. The van der Waals surface area contributed by atoms with Gasteiger partial charge in [0.1, 0.15) is 9.84 Å². The number of carboxylic acids is 1. The van der Waals surface area contributed by atoms with Gasteiger partial charge in [0.25, 0.3) is 0 Å². The highest BCUT2D eigenvalue weighted by molar-refractivity contribution is 7.90. The predicted molar refractivity (Wildman–Crippen MR) is 71.8 cm³/mol. The van der Waals surface area contributed by atoms with Crippen LogP contribution in [-0.4, -0.2) is 50.6 Å². The van der Waals surface area contributed by atoms with E-state index in [9.17, 15) is 18.0 Å². The van der Waals surface area contributed by atoms with Crippen LogP contribution < -0.4 is 10.6 Å². The van der Waals surface area contributed by atoms with Gasteiger partial charge in [0.05, 0.1) is 5.75 Å². The lowest BCUT2D eigenvalue weighted by atomic mass is 10.2. The van der Waals surface area contributed by atoms with Crippen molar-refractivity contribution < 1.29 is 23.1 Å². The van der Waals surface area contributed by atoms with Gasteiger partial charge in [0.15, 0.2) is 0 Å². The second-order valence-corrected chi connectivity index (χ2v) is 6.63. The summed E-state index contributed by atoms with van der Waals surface area (Å²) in [6.07, 6.45) is 3.78. The SMILES string of the molecule is CS(=O)(=O)CCCNC(=O)NCCCCCC(=O)O. The molecule has 0 aliphatic heterocycles. The first kappa shape index (κ1) is 17.7. The molecule has 0 radical (unpaired) electrons. The number of carbonyl (C=O) groups excluding carboxylic acids is 1. The van der Waals surface area contributed by atoms with E-state index in [1.807, 2.05) is 0 Å². The Morgan fingerprint density at radius 1 is 1.00 bits per heavy atom. The number of amides is 2. The topological polar surface area (TPSA) is 113 Å². The molecule has 0 aliphatic rings. The number of sulfone groups is 1. The standard InChI is InChI=1S/C11H22N2O5S/c1-19(17,18)9-5-8-13-11(16)12-7-4-2-3-6-10(14)15/h2-9H2,1H3,(H,14,15)(H2,12,13,16). The average molecular weight is 294 g/mol. The van der Waals surface area contributed by atoms with E-state index < -0.39 is 15.8 Å². The van der Waals surface area contributed by atoms with Gasteiger partial charge in [-0.3, -0.25) is 4.79 Å². The first-order valence-electron chi connectivity index (χ1n) is 6.22. The predicted octanol–water partition coefficient (Wildman–Crippen LogP) is 0.365. The molecule has 0 fully saturated rings. The summed E-state index contributed by atoms with van der Waals surface area (Å²) in [5.74, 6) is -0.751. The van der Waals surface area contributed by atoms with E-state index in [-0.39, 0.29) is 18.2 Å². The number of carbonyl (C=O) groups is 2. The van der Waals surface area contributed by atoms with Crippen molar-refractivity contribution in [3.63, 3.8) is 0 Å². The fourth-order valence-corrected chi connectivity index (χ4v) is 2.05. The number of nitrogens with one attached hydrogen (secondary N) is 2. The minimum atomic E-state index is -2.98. The monoisotopic (exact) mass is 294 g/mol. The van der Waals surface area contributed by atoms with Crippen LogP contribution in [0.25, 0.3) is 0 Å². The fraction of sp³-hybridized carbons (Fsp3) is 0.818. The Morgan fingerprint density at radius 2 is 1.58 bits per heavy atom. The summed E-state index contributed by atoms with van der Waals surface area (Å²) < 4.78 is 21.7. The molecule has 0 aromatic rings. The van der Waals surface area contributed by atoms with E-state index in [2.05, 4.69) is 10.6 Å². The summed E-state index contributed by atoms with van der Waals surface area (Å²) in [6.45, 7) is 0.801. The van der Waals surface area contributed by atoms with E-state index >= 15 is 0 Å². The van der Waals surface area contributed by atoms with Crippen LogP contribution in [0.2, 0.25) is 0 Å². The maximum Gasteiger partial charge on any atom is 0.314 e. The summed E-state index contributed by atoms with van der Waals surface area (Å²) in [5, 5.41) is 13.6. The molecule has 0 spiro atoms. The molecule has 0 unspecified atom stereocenters. The van der Waals surface area contributed by atoms with Crippen LogP contribution in [0.5, 0.6) is 0 Å². The zero-order valence-corrected chi connectivity index (χ0v) is 12.0. The lowest BCUT2D eigenvalue weighted by molar-refractivity contribution is -0.137. The Bertz CT molecular complexity index is 381. The Balaban J connectivity index is 3.38. The van der Waals surface area contributed by atoms with Crippen molar-refractivity contribution in [2.45, 2.75) is 32.1 Å². The van der Waals surface area contributed by atoms with Gasteiger partial charge in [-0.05, 0) is 19.3 Å². The summed E-state index contributed by atoms with van der Waals surface area (Å²) in [5.41, 5.74) is 0. The molecule has 0 rings (SSSR count). The lowest BCUT2D eigenvalue weighted by Gasteiger charge is -2.07. The number of aliphatic carboxylic acids is 1. The molecule has 7 nitrogen and oxygen atoms in total. The van der Waals surface area contributed by atoms with Crippen molar-refractivity contribution in [3.05, 3.63) is 0 Å². The van der Waals surface area contributed by atoms with Crippen LogP contribution in [0.3, 0.4) is 0 Å². The van der Waals surface area contributed by atoms with Crippen molar-refractivity contribution in [1.82, 2.24) is 10.6 Å². The van der Waals surface area contributed by atoms with Gasteiger partial charge in [-0.1, -0.05) is 6.42 Å². The minimum absolute atomic E-state index is 0.0580. The second kappa shape index (κ2) is 9.60. The van der Waals surface area contributed by atoms with Gasteiger partial charge in [0, 0.05) is 25.8 Å². The van der Waals surface area contributed by atoms with Gasteiger partial charge < -0.3 is 15.7 Å². The molecule has 2 amide bonds. The Labute approximate surface area is 113 Å². The van der Waals surface area contributed by atoms with Gasteiger partial charge >= 0.3 is 12.0 Å². The van der Waals surface area contributed by atoms with E-state index in [1.165, 1.54) is 0 Å². The van der Waals surface area contributed by atoms with Crippen LogP contribution in [0.1, 0.15) is 32.1 Å². The van der Waals surface area contributed by atoms with Crippen LogP contribution in [0.4, 0.5) is 4.79 Å². The molecule has 19 heavy (non-hydrogen) atoms. The van der Waals surface area contributed by atoms with Gasteiger partial charge in [-0.25, -0.2) is 13.2 Å². The summed E-state index contributed by atoms with van der Waals surface area (Å²) >= 11 is 0. The molecule has 0 saturated heterocycles. The van der Waals surface area contributed by atoms with Crippen LogP contribution in [0, 0.1) is 0 Å². The highest BCUT2D eigenvalue weighted by Gasteiger charge is 2.03. The molecule has 0 saturated carbocycles. The largest absolute Gasteiger partial charge is 0.481 e. The van der Waals surface area contributed by atoms with Crippen molar-refractivity contribution in [2.75, 3.05) is 25.1 Å². The highest BCUT2D eigenvalue weighted by Crippen LogP contribution is 1.98. The zero-order valence-electron chi connectivity index (χ0n) is 11.1. The van der Waals surface area contributed by atoms with E-state index in [0.29, 0.717) is 25.9 Å². The van der Waals surface area contributed by atoms with E-state index in [0.717, 1.165) is 19.1 Å². The number of urea groups is 1. The highest BCUT2D eigenvalue weighted by atomic mass is 32.2. The summed E-state index contributed by atoms with van der Waals surface area (Å²) in [4.78, 5) is 21.5. The smallest absolute Gasteiger partial charge is 0.314 e. The fourth-order valence-electron chi connectivity index (χ4n) is 1.38. The molecule has 0 aromatic carbocycles. The van der Waals surface area contributed by atoms with Crippen LogP contribution in [-0.2, 0) is 14.6 Å². The van der Waals surface area contributed by atoms with Crippen molar-refractivity contribution in [3.8, 4) is 0 Å². The average Bonchev–Trinajstić information content (AvgIpc) is 2.27. The van der Waals surface area contributed by atoms with Crippen LogP contribution in [0.15, 0.2) is 0 Å². The van der Waals surface area contributed by atoms with Crippen LogP contribution >= 0.6 is 0 Å². The van der Waals surface area contributed by atoms with Gasteiger partial charge in [-0.15, -0.1) is 0 Å². The molecule has 3 N–H and O–H groups in total. The second-order valence-electron chi connectivity index (χ2n) is 4.37. The Hall–Kier alpha value is -1.31. The molecule has 0 aliphatic carbocycles. The molecule has 0 heterocycles.